The molecule has 1 N–H and O–H groups in total. The summed E-state index contributed by atoms with van der Waals surface area (Å²) in [5.74, 6) is 0.630. The molecule has 8 nitrogen and oxygen atoms in total. The van der Waals surface area contributed by atoms with Crippen LogP contribution in [0.25, 0.3) is 0 Å². The van der Waals surface area contributed by atoms with E-state index >= 15 is 0 Å². The van der Waals surface area contributed by atoms with Crippen LogP contribution in [0.4, 0.5) is 0 Å². The summed E-state index contributed by atoms with van der Waals surface area (Å²) in [7, 11) is 0. The molecular formula is C20H23N5O3. The van der Waals surface area contributed by atoms with Gasteiger partial charge in [0.2, 0.25) is 11.6 Å². The summed E-state index contributed by atoms with van der Waals surface area (Å²) in [4.78, 5) is 24.6. The van der Waals surface area contributed by atoms with Crippen LogP contribution in [-0.2, 0) is 0 Å². The maximum absolute atomic E-state index is 12.4. The third kappa shape index (κ3) is 5.16. The van der Waals surface area contributed by atoms with E-state index < -0.39 is 0 Å². The minimum Gasteiger partial charge on any atom is -0.475 e. The number of nitriles is 1. The Kier molecular flexibility index (Phi) is 6.37. The van der Waals surface area contributed by atoms with Gasteiger partial charge in [0.1, 0.15) is 12.2 Å². The number of hydrogen-bond acceptors (Lipinski definition) is 7. The number of carbonyl (C=O) groups is 1. The van der Waals surface area contributed by atoms with Gasteiger partial charge in [-0.25, -0.2) is 15.0 Å². The molecule has 0 saturated heterocycles. The smallest absolute Gasteiger partial charge is 0.253 e. The van der Waals surface area contributed by atoms with Crippen molar-refractivity contribution < 1.29 is 14.3 Å². The first-order chi connectivity index (χ1) is 13.5. The third-order valence-corrected chi connectivity index (χ3v) is 4.41. The summed E-state index contributed by atoms with van der Waals surface area (Å²) < 4.78 is 11.3. The molecule has 1 fully saturated rings. The van der Waals surface area contributed by atoms with E-state index in [9.17, 15) is 4.79 Å². The standard InChI is InChI=1S/C20H23N5O3/c1-13(2)27-18-8-3-14(12-24-18)19(26)25-15-4-6-16(7-5-15)28-20-17(11-21)22-9-10-23-20/h3,8-10,12-13,15-16H,4-7H2,1-2H3,(H,25,26). The molecule has 0 spiro atoms. The molecule has 0 unspecified atom stereocenters. The van der Waals surface area contributed by atoms with Gasteiger partial charge in [-0.15, -0.1) is 0 Å². The number of rotatable bonds is 6. The van der Waals surface area contributed by atoms with Gasteiger partial charge < -0.3 is 14.8 Å². The van der Waals surface area contributed by atoms with Crippen molar-refractivity contribution in [3.05, 3.63) is 42.0 Å². The lowest BCUT2D eigenvalue weighted by atomic mass is 9.92. The van der Waals surface area contributed by atoms with Crippen molar-refractivity contribution >= 4 is 5.91 Å². The first-order valence-corrected chi connectivity index (χ1v) is 9.36. The van der Waals surface area contributed by atoms with Gasteiger partial charge in [-0.05, 0) is 45.6 Å². The fraction of sp³-hybridized carbons (Fsp3) is 0.450. The van der Waals surface area contributed by atoms with Crippen molar-refractivity contribution in [3.8, 4) is 17.8 Å². The number of hydrogen-bond donors (Lipinski definition) is 1. The maximum atomic E-state index is 12.4. The van der Waals surface area contributed by atoms with Crippen LogP contribution in [0.5, 0.6) is 11.8 Å². The third-order valence-electron chi connectivity index (χ3n) is 4.41. The van der Waals surface area contributed by atoms with Gasteiger partial charge in [-0.2, -0.15) is 5.26 Å². The minimum atomic E-state index is -0.145. The molecular weight excluding hydrogens is 358 g/mol. The Morgan fingerprint density at radius 1 is 1.18 bits per heavy atom. The molecule has 0 atom stereocenters. The van der Waals surface area contributed by atoms with Crippen molar-refractivity contribution in [2.45, 2.75) is 57.8 Å². The van der Waals surface area contributed by atoms with Crippen molar-refractivity contribution in [2.24, 2.45) is 0 Å². The highest BCUT2D eigenvalue weighted by molar-refractivity contribution is 5.94. The molecule has 0 aromatic carbocycles. The van der Waals surface area contributed by atoms with Crippen LogP contribution >= 0.6 is 0 Å². The van der Waals surface area contributed by atoms with Gasteiger partial charge in [-0.3, -0.25) is 4.79 Å². The summed E-state index contributed by atoms with van der Waals surface area (Å²) in [6.07, 6.45) is 7.63. The second kappa shape index (κ2) is 9.13. The zero-order valence-electron chi connectivity index (χ0n) is 16.0. The van der Waals surface area contributed by atoms with Gasteiger partial charge in [0.15, 0.2) is 0 Å². The average molecular weight is 381 g/mol. The van der Waals surface area contributed by atoms with Crippen LogP contribution < -0.4 is 14.8 Å². The molecule has 2 heterocycles. The Hall–Kier alpha value is -3.21. The predicted molar refractivity (Wildman–Crippen MR) is 101 cm³/mol. The molecule has 1 amide bonds. The highest BCUT2D eigenvalue weighted by Crippen LogP contribution is 2.24. The summed E-state index contributed by atoms with van der Waals surface area (Å²) >= 11 is 0. The number of nitrogens with zero attached hydrogens (tertiary/aromatic N) is 4. The SMILES string of the molecule is CC(C)Oc1ccc(C(=O)NC2CCC(Oc3nccnc3C#N)CC2)cn1. The monoisotopic (exact) mass is 381 g/mol. The lowest BCUT2D eigenvalue weighted by Gasteiger charge is -2.29. The molecule has 146 valence electrons. The molecule has 0 aliphatic heterocycles. The van der Waals surface area contributed by atoms with Crippen molar-refractivity contribution in [2.75, 3.05) is 0 Å². The molecule has 0 bridgehead atoms. The fourth-order valence-corrected chi connectivity index (χ4v) is 3.07. The van der Waals surface area contributed by atoms with E-state index in [1.807, 2.05) is 19.9 Å². The summed E-state index contributed by atoms with van der Waals surface area (Å²) in [5.41, 5.74) is 0.697. The highest BCUT2D eigenvalue weighted by Gasteiger charge is 2.25. The minimum absolute atomic E-state index is 0.0360. The number of pyridine rings is 1. The zero-order chi connectivity index (χ0) is 19.9. The molecule has 2 aromatic rings. The van der Waals surface area contributed by atoms with E-state index in [0.29, 0.717) is 11.4 Å². The van der Waals surface area contributed by atoms with Crippen LogP contribution in [0.15, 0.2) is 30.7 Å². The Morgan fingerprint density at radius 2 is 1.93 bits per heavy atom. The number of carbonyl (C=O) groups excluding carboxylic acids is 1. The molecule has 2 aromatic heterocycles. The highest BCUT2D eigenvalue weighted by atomic mass is 16.5. The second-order valence-electron chi connectivity index (χ2n) is 6.94. The van der Waals surface area contributed by atoms with Gasteiger partial charge >= 0.3 is 0 Å². The summed E-state index contributed by atoms with van der Waals surface area (Å²) in [6.45, 7) is 3.85. The van der Waals surface area contributed by atoms with Crippen LogP contribution in [0.1, 0.15) is 55.6 Å². The maximum Gasteiger partial charge on any atom is 0.253 e. The number of amides is 1. The average Bonchev–Trinajstić information content (AvgIpc) is 2.70. The first kappa shape index (κ1) is 19.5. The van der Waals surface area contributed by atoms with Gasteiger partial charge in [-0.1, -0.05) is 0 Å². The van der Waals surface area contributed by atoms with Crippen molar-refractivity contribution in [3.63, 3.8) is 0 Å². The predicted octanol–water partition coefficient (Wildman–Crippen LogP) is 2.65. The molecule has 1 aliphatic rings. The van der Waals surface area contributed by atoms with Crippen LogP contribution in [-0.4, -0.2) is 39.1 Å². The summed E-state index contributed by atoms with van der Waals surface area (Å²) in [5, 5.41) is 12.1. The molecule has 1 aliphatic carbocycles. The normalized spacial score (nSPS) is 18.9. The van der Waals surface area contributed by atoms with Crippen LogP contribution in [0.3, 0.4) is 0 Å². The van der Waals surface area contributed by atoms with E-state index in [1.165, 1.54) is 18.6 Å². The zero-order valence-corrected chi connectivity index (χ0v) is 16.0. The van der Waals surface area contributed by atoms with Crippen LogP contribution in [0.2, 0.25) is 0 Å². The number of ether oxygens (including phenoxy) is 2. The quantitative estimate of drug-likeness (QED) is 0.819. The lowest BCUT2D eigenvalue weighted by molar-refractivity contribution is 0.0889. The van der Waals surface area contributed by atoms with E-state index in [1.54, 1.807) is 12.1 Å². The largest absolute Gasteiger partial charge is 0.475 e. The Labute approximate surface area is 163 Å². The van der Waals surface area contributed by atoms with Crippen molar-refractivity contribution in [1.29, 1.82) is 5.26 Å². The summed E-state index contributed by atoms with van der Waals surface area (Å²) in [6, 6.07) is 5.48. The van der Waals surface area contributed by atoms with E-state index in [4.69, 9.17) is 14.7 Å². The molecule has 28 heavy (non-hydrogen) atoms. The molecule has 0 radical (unpaired) electrons. The first-order valence-electron chi connectivity index (χ1n) is 9.36. The van der Waals surface area contributed by atoms with Gasteiger partial charge in [0, 0.05) is 30.7 Å². The Bertz CT molecular complexity index is 840. The van der Waals surface area contributed by atoms with Crippen LogP contribution in [0, 0.1) is 11.3 Å². The molecule has 1 saturated carbocycles. The molecule has 8 heteroatoms. The van der Waals surface area contributed by atoms with E-state index in [-0.39, 0.29) is 35.7 Å². The van der Waals surface area contributed by atoms with Crippen molar-refractivity contribution in [1.82, 2.24) is 20.3 Å². The van der Waals surface area contributed by atoms with E-state index in [0.717, 1.165) is 25.7 Å². The fourth-order valence-electron chi connectivity index (χ4n) is 3.07. The Balaban J connectivity index is 1.48. The lowest BCUT2D eigenvalue weighted by Crippen LogP contribution is -2.39. The van der Waals surface area contributed by atoms with Gasteiger partial charge in [0.05, 0.1) is 11.7 Å². The van der Waals surface area contributed by atoms with Gasteiger partial charge in [0.25, 0.3) is 11.8 Å². The topological polar surface area (TPSA) is 110 Å². The van der Waals surface area contributed by atoms with E-state index in [2.05, 4.69) is 20.3 Å². The second-order valence-corrected chi connectivity index (χ2v) is 6.94. The Morgan fingerprint density at radius 3 is 2.57 bits per heavy atom. The number of aromatic nitrogens is 3. The molecule has 3 rings (SSSR count). The number of nitrogens with one attached hydrogen (secondary N) is 1.